The highest BCUT2D eigenvalue weighted by Gasteiger charge is 2.15. The zero-order valence-corrected chi connectivity index (χ0v) is 10.3. The number of carbonyl (C=O) groups is 1. The number of hydrogen-bond donors (Lipinski definition) is 2. The van der Waals surface area contributed by atoms with Gasteiger partial charge in [-0.1, -0.05) is 12.1 Å². The van der Waals surface area contributed by atoms with Crippen LogP contribution in [0.3, 0.4) is 0 Å². The minimum absolute atomic E-state index is 0.0179. The highest BCUT2D eigenvalue weighted by Crippen LogP contribution is 2.25. The molecule has 0 atom stereocenters. The molecule has 0 spiro atoms. The van der Waals surface area contributed by atoms with Crippen molar-refractivity contribution in [3.05, 3.63) is 35.4 Å². The predicted octanol–water partition coefficient (Wildman–Crippen LogP) is 1.90. The van der Waals surface area contributed by atoms with Crippen molar-refractivity contribution in [3.63, 3.8) is 0 Å². The molecule has 0 radical (unpaired) electrons. The number of nitrogens with one attached hydrogen (secondary N) is 2. The van der Waals surface area contributed by atoms with E-state index in [2.05, 4.69) is 22.8 Å². The molecule has 1 amide bonds. The van der Waals surface area contributed by atoms with Crippen LogP contribution in [0.4, 0.5) is 0 Å². The Bertz CT molecular complexity index is 366. The Morgan fingerprint density at radius 1 is 1.29 bits per heavy atom. The Hall–Kier alpha value is -1.35. The van der Waals surface area contributed by atoms with Gasteiger partial charge in [0.2, 0.25) is 0 Å². The fourth-order valence-corrected chi connectivity index (χ4v) is 2.32. The first-order chi connectivity index (χ1) is 8.31. The molecule has 1 aliphatic rings. The molecule has 0 saturated carbocycles. The van der Waals surface area contributed by atoms with Crippen LogP contribution in [-0.2, 0) is 0 Å². The van der Waals surface area contributed by atoms with Crippen molar-refractivity contribution in [2.45, 2.75) is 25.7 Å². The first-order valence-electron chi connectivity index (χ1n) is 6.40. The van der Waals surface area contributed by atoms with Crippen LogP contribution in [0.2, 0.25) is 0 Å². The summed E-state index contributed by atoms with van der Waals surface area (Å²) < 4.78 is 0. The van der Waals surface area contributed by atoms with Crippen LogP contribution in [0.1, 0.15) is 41.6 Å². The highest BCUT2D eigenvalue weighted by molar-refractivity contribution is 5.94. The number of rotatable bonds is 3. The molecule has 0 bridgehead atoms. The van der Waals surface area contributed by atoms with E-state index in [1.807, 2.05) is 19.1 Å². The number of hydrogen-bond acceptors (Lipinski definition) is 2. The molecule has 1 aliphatic heterocycles. The molecule has 0 unspecified atom stereocenters. The monoisotopic (exact) mass is 232 g/mol. The Morgan fingerprint density at radius 3 is 2.53 bits per heavy atom. The van der Waals surface area contributed by atoms with Crippen LogP contribution < -0.4 is 10.6 Å². The summed E-state index contributed by atoms with van der Waals surface area (Å²) in [6.45, 7) is 4.81. The van der Waals surface area contributed by atoms with Gasteiger partial charge < -0.3 is 10.6 Å². The first-order valence-corrected chi connectivity index (χ1v) is 6.40. The third-order valence-electron chi connectivity index (χ3n) is 3.32. The van der Waals surface area contributed by atoms with Crippen molar-refractivity contribution < 1.29 is 4.79 Å². The van der Waals surface area contributed by atoms with E-state index in [4.69, 9.17) is 0 Å². The molecule has 1 fully saturated rings. The van der Waals surface area contributed by atoms with Crippen LogP contribution in [0, 0.1) is 0 Å². The predicted molar refractivity (Wildman–Crippen MR) is 69.3 cm³/mol. The number of benzene rings is 1. The van der Waals surface area contributed by atoms with E-state index in [0.29, 0.717) is 12.5 Å². The van der Waals surface area contributed by atoms with Crippen LogP contribution in [0.25, 0.3) is 0 Å². The second-order valence-corrected chi connectivity index (χ2v) is 4.51. The lowest BCUT2D eigenvalue weighted by atomic mass is 9.90. The quantitative estimate of drug-likeness (QED) is 0.835. The minimum Gasteiger partial charge on any atom is -0.352 e. The third kappa shape index (κ3) is 3.07. The number of piperidine rings is 1. The lowest BCUT2D eigenvalue weighted by Crippen LogP contribution is -2.26. The summed E-state index contributed by atoms with van der Waals surface area (Å²) in [5.74, 6) is 0.670. The molecule has 0 aromatic heterocycles. The van der Waals surface area contributed by atoms with Crippen molar-refractivity contribution in [1.82, 2.24) is 10.6 Å². The normalized spacial score (nSPS) is 16.8. The fraction of sp³-hybridized carbons (Fsp3) is 0.500. The van der Waals surface area contributed by atoms with Crippen molar-refractivity contribution >= 4 is 5.91 Å². The van der Waals surface area contributed by atoms with Gasteiger partial charge in [-0.05, 0) is 56.5 Å². The summed E-state index contributed by atoms with van der Waals surface area (Å²) in [7, 11) is 0. The summed E-state index contributed by atoms with van der Waals surface area (Å²) >= 11 is 0. The van der Waals surface area contributed by atoms with Gasteiger partial charge in [-0.15, -0.1) is 0 Å². The minimum atomic E-state index is 0.0179. The average Bonchev–Trinajstić information content (AvgIpc) is 2.40. The summed E-state index contributed by atoms with van der Waals surface area (Å²) in [6, 6.07) is 8.06. The van der Waals surface area contributed by atoms with Crippen LogP contribution in [0.15, 0.2) is 24.3 Å². The van der Waals surface area contributed by atoms with Crippen molar-refractivity contribution in [3.8, 4) is 0 Å². The molecule has 92 valence electrons. The zero-order valence-electron chi connectivity index (χ0n) is 10.3. The summed E-state index contributed by atoms with van der Waals surface area (Å²) in [6.07, 6.45) is 2.39. The molecule has 17 heavy (non-hydrogen) atoms. The van der Waals surface area contributed by atoms with Gasteiger partial charge in [0, 0.05) is 12.1 Å². The van der Waals surface area contributed by atoms with Crippen LogP contribution >= 0.6 is 0 Å². The molecule has 1 aromatic carbocycles. The van der Waals surface area contributed by atoms with Crippen molar-refractivity contribution in [2.24, 2.45) is 0 Å². The SMILES string of the molecule is CCNC(=O)c1ccc(C2CCNCC2)cc1. The molecule has 1 heterocycles. The van der Waals surface area contributed by atoms with Crippen molar-refractivity contribution in [1.29, 1.82) is 0 Å². The van der Waals surface area contributed by atoms with Gasteiger partial charge in [-0.25, -0.2) is 0 Å². The van der Waals surface area contributed by atoms with Gasteiger partial charge in [0.25, 0.3) is 5.91 Å². The smallest absolute Gasteiger partial charge is 0.251 e. The topological polar surface area (TPSA) is 41.1 Å². The molecule has 1 saturated heterocycles. The molecule has 1 aromatic rings. The number of amides is 1. The maximum Gasteiger partial charge on any atom is 0.251 e. The molecule has 2 rings (SSSR count). The molecule has 3 heteroatoms. The van der Waals surface area contributed by atoms with Gasteiger partial charge in [0.1, 0.15) is 0 Å². The Labute approximate surface area is 103 Å². The van der Waals surface area contributed by atoms with Crippen molar-refractivity contribution in [2.75, 3.05) is 19.6 Å². The summed E-state index contributed by atoms with van der Waals surface area (Å²) in [5.41, 5.74) is 2.11. The van der Waals surface area contributed by atoms with Gasteiger partial charge in [-0.2, -0.15) is 0 Å². The average molecular weight is 232 g/mol. The van der Waals surface area contributed by atoms with Gasteiger partial charge in [0.05, 0.1) is 0 Å². The van der Waals surface area contributed by atoms with E-state index in [-0.39, 0.29) is 5.91 Å². The molecular weight excluding hydrogens is 212 g/mol. The lowest BCUT2D eigenvalue weighted by Gasteiger charge is -2.23. The zero-order chi connectivity index (χ0) is 12.1. The maximum atomic E-state index is 11.6. The molecule has 0 aliphatic carbocycles. The second-order valence-electron chi connectivity index (χ2n) is 4.51. The van der Waals surface area contributed by atoms with Crippen LogP contribution in [0.5, 0.6) is 0 Å². The fourth-order valence-electron chi connectivity index (χ4n) is 2.32. The second kappa shape index (κ2) is 5.82. The summed E-state index contributed by atoms with van der Waals surface area (Å²) in [4.78, 5) is 11.6. The molecular formula is C14H20N2O. The van der Waals surface area contributed by atoms with E-state index in [9.17, 15) is 4.79 Å². The van der Waals surface area contributed by atoms with Gasteiger partial charge >= 0.3 is 0 Å². The van der Waals surface area contributed by atoms with Crippen LogP contribution in [-0.4, -0.2) is 25.5 Å². The van der Waals surface area contributed by atoms with E-state index in [1.54, 1.807) is 0 Å². The largest absolute Gasteiger partial charge is 0.352 e. The lowest BCUT2D eigenvalue weighted by molar-refractivity contribution is 0.0956. The number of carbonyl (C=O) groups excluding carboxylic acids is 1. The van der Waals surface area contributed by atoms with E-state index in [0.717, 1.165) is 18.7 Å². The Morgan fingerprint density at radius 2 is 1.94 bits per heavy atom. The maximum absolute atomic E-state index is 11.6. The van der Waals surface area contributed by atoms with E-state index >= 15 is 0 Å². The highest BCUT2D eigenvalue weighted by atomic mass is 16.1. The van der Waals surface area contributed by atoms with E-state index in [1.165, 1.54) is 18.4 Å². The van der Waals surface area contributed by atoms with E-state index < -0.39 is 0 Å². The Kier molecular flexibility index (Phi) is 4.15. The standard InChI is InChI=1S/C14H20N2O/c1-2-16-14(17)13-5-3-11(4-6-13)12-7-9-15-10-8-12/h3-6,12,15H,2,7-10H2,1H3,(H,16,17). The first kappa shape index (κ1) is 12.1. The Balaban J connectivity index is 2.04. The third-order valence-corrected chi connectivity index (χ3v) is 3.32. The summed E-state index contributed by atoms with van der Waals surface area (Å²) in [5, 5.41) is 6.18. The van der Waals surface area contributed by atoms with Gasteiger partial charge in [-0.3, -0.25) is 4.79 Å². The molecule has 3 nitrogen and oxygen atoms in total. The molecule has 2 N–H and O–H groups in total. The van der Waals surface area contributed by atoms with Gasteiger partial charge in [0.15, 0.2) is 0 Å².